The van der Waals surface area contributed by atoms with Crippen LogP contribution in [0.1, 0.15) is 27.0 Å². The molecule has 0 unspecified atom stereocenters. The van der Waals surface area contributed by atoms with Gasteiger partial charge in [0.25, 0.3) is 5.91 Å². The van der Waals surface area contributed by atoms with Gasteiger partial charge in [0.15, 0.2) is 11.5 Å². The maximum Gasteiger partial charge on any atom is 0.416 e. The van der Waals surface area contributed by atoms with E-state index in [1.807, 2.05) is 0 Å². The minimum atomic E-state index is -4.55. The molecule has 0 saturated heterocycles. The molecule has 0 radical (unpaired) electrons. The van der Waals surface area contributed by atoms with Crippen LogP contribution < -0.4 is 14.9 Å². The topological polar surface area (TPSA) is 59.9 Å². The Balaban J connectivity index is 1.71. The van der Waals surface area contributed by atoms with Gasteiger partial charge in [0, 0.05) is 21.2 Å². The van der Waals surface area contributed by atoms with Crippen molar-refractivity contribution in [3.8, 4) is 11.5 Å². The standard InChI is InChI=1S/C23H16Cl2F3IN2O3/c1-33-20-8-13(7-19(29)21(20)34-12-15-5-6-17(24)10-18(15)25)11-30-31-22(32)14-3-2-4-16(9-14)23(26,27)28/h2-11H,12H2,1H3,(H,31,32)/b30-11-. The normalized spacial score (nSPS) is 11.5. The van der Waals surface area contributed by atoms with Crippen molar-refractivity contribution in [1.29, 1.82) is 0 Å². The number of nitrogens with zero attached hydrogens (tertiary/aromatic N) is 1. The van der Waals surface area contributed by atoms with Crippen LogP contribution in [-0.2, 0) is 12.8 Å². The number of rotatable bonds is 7. The van der Waals surface area contributed by atoms with E-state index in [4.69, 9.17) is 32.7 Å². The van der Waals surface area contributed by atoms with Crippen molar-refractivity contribution in [2.24, 2.45) is 5.10 Å². The Morgan fingerprint density at radius 2 is 1.91 bits per heavy atom. The molecule has 34 heavy (non-hydrogen) atoms. The second kappa shape index (κ2) is 11.3. The first kappa shape index (κ1) is 26.1. The fourth-order valence-electron chi connectivity index (χ4n) is 2.81. The second-order valence-electron chi connectivity index (χ2n) is 6.84. The van der Waals surface area contributed by atoms with E-state index in [-0.39, 0.29) is 12.2 Å². The summed E-state index contributed by atoms with van der Waals surface area (Å²) in [5.41, 5.74) is 2.45. The van der Waals surface area contributed by atoms with Gasteiger partial charge in [-0.2, -0.15) is 18.3 Å². The number of carbonyl (C=O) groups is 1. The van der Waals surface area contributed by atoms with Crippen molar-refractivity contribution in [2.75, 3.05) is 7.11 Å². The Morgan fingerprint density at radius 1 is 1.15 bits per heavy atom. The van der Waals surface area contributed by atoms with Gasteiger partial charge in [0.2, 0.25) is 0 Å². The first-order valence-electron chi connectivity index (χ1n) is 9.53. The number of hydrogen-bond donors (Lipinski definition) is 1. The van der Waals surface area contributed by atoms with E-state index in [0.29, 0.717) is 30.7 Å². The Bertz CT molecular complexity index is 1240. The Labute approximate surface area is 217 Å². The lowest BCUT2D eigenvalue weighted by Gasteiger charge is -2.14. The van der Waals surface area contributed by atoms with Crippen molar-refractivity contribution in [2.45, 2.75) is 12.8 Å². The van der Waals surface area contributed by atoms with Crippen LogP contribution in [0, 0.1) is 3.57 Å². The predicted molar refractivity (Wildman–Crippen MR) is 133 cm³/mol. The smallest absolute Gasteiger partial charge is 0.416 e. The zero-order valence-corrected chi connectivity index (χ0v) is 21.1. The highest BCUT2D eigenvalue weighted by Gasteiger charge is 2.30. The maximum atomic E-state index is 12.8. The van der Waals surface area contributed by atoms with Gasteiger partial charge in [-0.15, -0.1) is 0 Å². The number of methoxy groups -OCH3 is 1. The molecule has 5 nitrogen and oxygen atoms in total. The molecule has 0 aromatic heterocycles. The largest absolute Gasteiger partial charge is 0.493 e. The van der Waals surface area contributed by atoms with E-state index in [9.17, 15) is 18.0 Å². The number of benzene rings is 3. The summed E-state index contributed by atoms with van der Waals surface area (Å²) < 4.78 is 50.5. The predicted octanol–water partition coefficient (Wildman–Crippen LogP) is 6.97. The maximum absolute atomic E-state index is 12.8. The average Bonchev–Trinajstić information content (AvgIpc) is 2.78. The molecule has 0 bridgehead atoms. The minimum Gasteiger partial charge on any atom is -0.493 e. The number of halogens is 6. The van der Waals surface area contributed by atoms with E-state index in [1.165, 1.54) is 19.4 Å². The van der Waals surface area contributed by atoms with Crippen molar-refractivity contribution in [3.63, 3.8) is 0 Å². The first-order valence-corrected chi connectivity index (χ1v) is 11.4. The fraction of sp³-hybridized carbons (Fsp3) is 0.130. The lowest BCUT2D eigenvalue weighted by atomic mass is 10.1. The Morgan fingerprint density at radius 3 is 2.59 bits per heavy atom. The highest BCUT2D eigenvalue weighted by atomic mass is 127. The van der Waals surface area contributed by atoms with Crippen LogP contribution in [0.5, 0.6) is 11.5 Å². The monoisotopic (exact) mass is 622 g/mol. The molecular weight excluding hydrogens is 607 g/mol. The summed E-state index contributed by atoms with van der Waals surface area (Å²) in [6, 6.07) is 12.5. The van der Waals surface area contributed by atoms with E-state index in [2.05, 4.69) is 33.1 Å². The number of amides is 1. The van der Waals surface area contributed by atoms with Gasteiger partial charge in [-0.1, -0.05) is 35.3 Å². The molecule has 0 heterocycles. The minimum absolute atomic E-state index is 0.163. The molecule has 178 valence electrons. The Kier molecular flexibility index (Phi) is 8.67. The third kappa shape index (κ3) is 6.77. The number of hydrazone groups is 1. The summed E-state index contributed by atoms with van der Waals surface area (Å²) in [6.07, 6.45) is -3.20. The molecule has 3 aromatic carbocycles. The highest BCUT2D eigenvalue weighted by Crippen LogP contribution is 2.35. The lowest BCUT2D eigenvalue weighted by molar-refractivity contribution is -0.137. The van der Waals surface area contributed by atoms with E-state index >= 15 is 0 Å². The molecule has 3 aromatic rings. The summed E-state index contributed by atoms with van der Waals surface area (Å²) in [5.74, 6) is 0.130. The number of nitrogens with one attached hydrogen (secondary N) is 1. The van der Waals surface area contributed by atoms with Crippen LogP contribution in [0.4, 0.5) is 13.2 Å². The molecule has 0 aliphatic rings. The number of hydrogen-bond acceptors (Lipinski definition) is 4. The van der Waals surface area contributed by atoms with Crippen molar-refractivity contribution in [1.82, 2.24) is 5.43 Å². The van der Waals surface area contributed by atoms with E-state index in [1.54, 1.807) is 30.3 Å². The van der Waals surface area contributed by atoms with Gasteiger partial charge >= 0.3 is 6.18 Å². The van der Waals surface area contributed by atoms with Gasteiger partial charge in [-0.25, -0.2) is 5.43 Å². The fourth-order valence-corrected chi connectivity index (χ4v) is 4.05. The van der Waals surface area contributed by atoms with Crippen LogP contribution in [0.2, 0.25) is 10.0 Å². The number of carbonyl (C=O) groups excluding carboxylic acids is 1. The van der Waals surface area contributed by atoms with Crippen LogP contribution in [0.3, 0.4) is 0 Å². The van der Waals surface area contributed by atoms with E-state index in [0.717, 1.165) is 23.8 Å². The molecule has 0 aliphatic heterocycles. The summed E-state index contributed by atoms with van der Waals surface area (Å²) >= 11 is 14.2. The van der Waals surface area contributed by atoms with Crippen molar-refractivity contribution < 1.29 is 27.4 Å². The summed E-state index contributed by atoms with van der Waals surface area (Å²) in [7, 11) is 1.48. The highest BCUT2D eigenvalue weighted by molar-refractivity contribution is 14.1. The summed E-state index contributed by atoms with van der Waals surface area (Å²) in [5, 5.41) is 4.83. The molecule has 0 fully saturated rings. The zero-order valence-electron chi connectivity index (χ0n) is 17.4. The van der Waals surface area contributed by atoms with Crippen LogP contribution >= 0.6 is 45.8 Å². The molecular formula is C23H16Cl2F3IN2O3. The van der Waals surface area contributed by atoms with Crippen molar-refractivity contribution in [3.05, 3.63) is 90.5 Å². The lowest BCUT2D eigenvalue weighted by Crippen LogP contribution is -2.18. The van der Waals surface area contributed by atoms with Gasteiger partial charge in [-0.3, -0.25) is 4.79 Å². The molecule has 0 spiro atoms. The van der Waals surface area contributed by atoms with Gasteiger partial charge in [-0.05, 0) is 70.6 Å². The summed E-state index contributed by atoms with van der Waals surface area (Å²) in [6.45, 7) is 0.183. The van der Waals surface area contributed by atoms with E-state index < -0.39 is 17.6 Å². The molecule has 1 amide bonds. The van der Waals surface area contributed by atoms with Crippen LogP contribution in [0.25, 0.3) is 0 Å². The average molecular weight is 623 g/mol. The zero-order chi connectivity index (χ0) is 24.9. The third-order valence-corrected chi connectivity index (χ3v) is 5.86. The molecule has 0 saturated carbocycles. The number of ether oxygens (including phenoxy) is 2. The second-order valence-corrected chi connectivity index (χ2v) is 8.84. The molecule has 3 rings (SSSR count). The molecule has 0 aliphatic carbocycles. The molecule has 0 atom stereocenters. The van der Waals surface area contributed by atoms with Gasteiger partial charge < -0.3 is 9.47 Å². The molecule has 11 heteroatoms. The number of alkyl halides is 3. The van der Waals surface area contributed by atoms with Crippen LogP contribution in [-0.4, -0.2) is 19.2 Å². The quantitative estimate of drug-likeness (QED) is 0.176. The van der Waals surface area contributed by atoms with Crippen LogP contribution in [0.15, 0.2) is 59.7 Å². The van der Waals surface area contributed by atoms with Gasteiger partial charge in [0.05, 0.1) is 22.5 Å². The summed E-state index contributed by atoms with van der Waals surface area (Å²) in [4.78, 5) is 12.2. The Hall–Kier alpha value is -2.50. The first-order chi connectivity index (χ1) is 16.1. The molecule has 1 N–H and O–H groups in total. The van der Waals surface area contributed by atoms with Gasteiger partial charge in [0.1, 0.15) is 6.61 Å². The van der Waals surface area contributed by atoms with Crippen molar-refractivity contribution >= 4 is 57.9 Å². The SMILES string of the molecule is COc1cc(/C=N\NC(=O)c2cccc(C(F)(F)F)c2)cc(I)c1OCc1ccc(Cl)cc1Cl. The third-order valence-electron chi connectivity index (χ3n) is 4.47.